The maximum atomic E-state index is 12.5. The van der Waals surface area contributed by atoms with Crippen LogP contribution in [0.4, 0.5) is 35.9 Å². The summed E-state index contributed by atoms with van der Waals surface area (Å²) in [6.07, 6.45) is -5.03. The number of halogens is 3. The van der Waals surface area contributed by atoms with E-state index in [1.54, 1.807) is 31.5 Å². The lowest BCUT2D eigenvalue weighted by atomic mass is 10.1. The summed E-state index contributed by atoms with van der Waals surface area (Å²) >= 11 is 0. The Hall–Kier alpha value is -4.04. The number of carbonyl (C=O) groups is 3. The van der Waals surface area contributed by atoms with E-state index in [9.17, 15) is 27.6 Å². The molecular weight excluding hydrogens is 545 g/mol. The number of nitrogen functional groups attached to an aromatic ring is 1. The van der Waals surface area contributed by atoms with Crippen LogP contribution in [0.3, 0.4) is 0 Å². The molecule has 2 heterocycles. The Kier molecular flexibility index (Phi) is 10.8. The molecule has 0 spiro atoms. The van der Waals surface area contributed by atoms with Crippen molar-refractivity contribution in [3.8, 4) is 0 Å². The highest BCUT2D eigenvalue weighted by atomic mass is 19.4. The van der Waals surface area contributed by atoms with Gasteiger partial charge in [-0.3, -0.25) is 14.4 Å². The lowest BCUT2D eigenvalue weighted by molar-refractivity contribution is -0.167. The van der Waals surface area contributed by atoms with Gasteiger partial charge in [0, 0.05) is 64.4 Å². The summed E-state index contributed by atoms with van der Waals surface area (Å²) in [6, 6.07) is 9.97. The zero-order valence-corrected chi connectivity index (χ0v) is 23.2. The summed E-state index contributed by atoms with van der Waals surface area (Å²) in [7, 11) is 4.79. The number of morpholine rings is 2. The lowest BCUT2D eigenvalue weighted by Gasteiger charge is -2.29. The first-order chi connectivity index (χ1) is 19.4. The van der Waals surface area contributed by atoms with Crippen LogP contribution in [0.1, 0.15) is 20.7 Å². The first-order valence-corrected chi connectivity index (χ1v) is 12.9. The standard InChI is InChI=1S/C14H16F3N3O3.C13H19N3O2/c1-18-12(21)10-3-2-9(20-4-6-23-7-5-20)8-11(10)19-13(22)14(15,16)17;1-15(2)13(17)11-4-3-10(9-12(11)14)16-5-7-18-8-6-16/h2-3,8H,4-7H2,1H3,(H,18,21)(H,19,22);3-4,9H,5-8,14H2,1-2H3. The highest BCUT2D eigenvalue weighted by Gasteiger charge is 2.39. The molecule has 0 atom stereocenters. The van der Waals surface area contributed by atoms with Crippen molar-refractivity contribution < 1.29 is 37.0 Å². The van der Waals surface area contributed by atoms with Gasteiger partial charge in [-0.1, -0.05) is 0 Å². The first-order valence-electron chi connectivity index (χ1n) is 12.9. The van der Waals surface area contributed by atoms with Gasteiger partial charge in [-0.25, -0.2) is 0 Å². The predicted molar refractivity (Wildman–Crippen MR) is 149 cm³/mol. The van der Waals surface area contributed by atoms with Gasteiger partial charge >= 0.3 is 12.1 Å². The zero-order valence-electron chi connectivity index (χ0n) is 23.2. The van der Waals surface area contributed by atoms with E-state index in [2.05, 4.69) is 10.2 Å². The molecule has 2 aliphatic heterocycles. The molecule has 0 bridgehead atoms. The van der Waals surface area contributed by atoms with E-state index in [0.29, 0.717) is 43.2 Å². The third kappa shape index (κ3) is 8.47. The van der Waals surface area contributed by atoms with Crippen LogP contribution < -0.4 is 26.2 Å². The number of rotatable bonds is 5. The first kappa shape index (κ1) is 31.5. The number of amides is 3. The quantitative estimate of drug-likeness (QED) is 0.459. The number of hydrogen-bond donors (Lipinski definition) is 3. The van der Waals surface area contributed by atoms with Gasteiger partial charge in [-0.15, -0.1) is 0 Å². The predicted octanol–water partition coefficient (Wildman–Crippen LogP) is 2.19. The van der Waals surface area contributed by atoms with E-state index in [-0.39, 0.29) is 17.2 Å². The number of anilines is 4. The molecule has 11 nitrogen and oxygen atoms in total. The number of benzene rings is 2. The van der Waals surface area contributed by atoms with Gasteiger partial charge in [0.1, 0.15) is 0 Å². The zero-order chi connectivity index (χ0) is 30.2. The van der Waals surface area contributed by atoms with Gasteiger partial charge in [0.2, 0.25) is 0 Å². The molecule has 2 fully saturated rings. The van der Waals surface area contributed by atoms with Gasteiger partial charge in [0.25, 0.3) is 11.8 Å². The van der Waals surface area contributed by atoms with Crippen LogP contribution in [0.15, 0.2) is 36.4 Å². The summed E-state index contributed by atoms with van der Waals surface area (Å²) in [5.74, 6) is -2.78. The molecule has 0 aliphatic carbocycles. The highest BCUT2D eigenvalue weighted by Crippen LogP contribution is 2.27. The highest BCUT2D eigenvalue weighted by molar-refractivity contribution is 6.05. The minimum Gasteiger partial charge on any atom is -0.398 e. The molecule has 0 radical (unpaired) electrons. The summed E-state index contributed by atoms with van der Waals surface area (Å²) in [4.78, 5) is 40.5. The van der Waals surface area contributed by atoms with Gasteiger partial charge < -0.3 is 40.5 Å². The second-order valence-electron chi connectivity index (χ2n) is 9.43. The van der Waals surface area contributed by atoms with E-state index < -0.39 is 18.0 Å². The van der Waals surface area contributed by atoms with Gasteiger partial charge in [-0.2, -0.15) is 13.2 Å². The van der Waals surface area contributed by atoms with E-state index in [4.69, 9.17) is 15.2 Å². The van der Waals surface area contributed by atoms with Gasteiger partial charge in [0.05, 0.1) is 43.2 Å². The number of ether oxygens (including phenoxy) is 2. The van der Waals surface area contributed by atoms with Gasteiger partial charge in [-0.05, 0) is 36.4 Å². The fourth-order valence-electron chi connectivity index (χ4n) is 4.18. The van der Waals surface area contributed by atoms with Gasteiger partial charge in [0.15, 0.2) is 0 Å². The second-order valence-corrected chi connectivity index (χ2v) is 9.43. The average molecular weight is 581 g/mol. The second kappa shape index (κ2) is 14.0. The van der Waals surface area contributed by atoms with Crippen LogP contribution in [-0.2, 0) is 14.3 Å². The maximum Gasteiger partial charge on any atom is 0.471 e. The molecular formula is C27H35F3N6O5. The maximum absolute atomic E-state index is 12.5. The molecule has 0 unspecified atom stereocenters. The minimum absolute atomic E-state index is 0.0397. The average Bonchev–Trinajstić information content (AvgIpc) is 2.97. The van der Waals surface area contributed by atoms with Crippen LogP contribution in [0.5, 0.6) is 0 Å². The number of nitrogens with one attached hydrogen (secondary N) is 2. The van der Waals surface area contributed by atoms with Crippen molar-refractivity contribution in [2.45, 2.75) is 6.18 Å². The molecule has 3 amide bonds. The van der Waals surface area contributed by atoms with Crippen molar-refractivity contribution >= 4 is 40.5 Å². The summed E-state index contributed by atoms with van der Waals surface area (Å²) < 4.78 is 47.9. The van der Waals surface area contributed by atoms with Crippen LogP contribution in [-0.4, -0.2) is 103 Å². The van der Waals surface area contributed by atoms with Crippen molar-refractivity contribution in [2.75, 3.05) is 94.6 Å². The number of nitrogens with two attached hydrogens (primary N) is 1. The van der Waals surface area contributed by atoms with Crippen molar-refractivity contribution in [1.29, 1.82) is 0 Å². The third-order valence-electron chi connectivity index (χ3n) is 6.40. The van der Waals surface area contributed by atoms with Crippen LogP contribution in [0.25, 0.3) is 0 Å². The van der Waals surface area contributed by atoms with Crippen molar-refractivity contribution in [1.82, 2.24) is 10.2 Å². The Balaban J connectivity index is 0.000000232. The smallest absolute Gasteiger partial charge is 0.398 e. The minimum atomic E-state index is -5.03. The summed E-state index contributed by atoms with van der Waals surface area (Å²) in [6.45, 7) is 5.35. The largest absolute Gasteiger partial charge is 0.471 e. The molecule has 4 rings (SSSR count). The molecule has 41 heavy (non-hydrogen) atoms. The topological polar surface area (TPSA) is 129 Å². The number of nitrogens with zero attached hydrogens (tertiary/aromatic N) is 3. The molecule has 2 saturated heterocycles. The number of alkyl halides is 3. The van der Waals surface area contributed by atoms with Crippen molar-refractivity contribution in [3.05, 3.63) is 47.5 Å². The molecule has 2 aromatic rings. The normalized spacial score (nSPS) is 15.4. The Morgan fingerprint density at radius 2 is 1.34 bits per heavy atom. The fraction of sp³-hybridized carbons (Fsp3) is 0.444. The van der Waals surface area contributed by atoms with E-state index in [0.717, 1.165) is 32.0 Å². The molecule has 0 aromatic heterocycles. The third-order valence-corrected chi connectivity index (χ3v) is 6.40. The van der Waals surface area contributed by atoms with E-state index in [1.165, 1.54) is 24.1 Å². The molecule has 2 aliphatic rings. The van der Waals surface area contributed by atoms with E-state index >= 15 is 0 Å². The molecule has 14 heteroatoms. The Morgan fingerprint density at radius 1 is 0.854 bits per heavy atom. The van der Waals surface area contributed by atoms with E-state index in [1.807, 2.05) is 17.0 Å². The fourth-order valence-corrected chi connectivity index (χ4v) is 4.18. The number of hydrogen-bond acceptors (Lipinski definition) is 8. The van der Waals surface area contributed by atoms with Crippen molar-refractivity contribution in [2.24, 2.45) is 0 Å². The molecule has 0 saturated carbocycles. The Morgan fingerprint density at radius 3 is 1.78 bits per heavy atom. The summed E-state index contributed by atoms with van der Waals surface area (Å²) in [5.41, 5.74) is 8.47. The Bertz CT molecular complexity index is 1230. The SMILES string of the molecule is CN(C)C(=O)c1ccc(N2CCOCC2)cc1N.CNC(=O)c1ccc(N2CCOCC2)cc1NC(=O)C(F)(F)F. The number of carbonyl (C=O) groups excluding carboxylic acids is 3. The monoisotopic (exact) mass is 580 g/mol. The van der Waals surface area contributed by atoms with Crippen molar-refractivity contribution in [3.63, 3.8) is 0 Å². The van der Waals surface area contributed by atoms with Crippen LogP contribution in [0.2, 0.25) is 0 Å². The summed E-state index contributed by atoms with van der Waals surface area (Å²) in [5, 5.41) is 4.09. The molecule has 2 aromatic carbocycles. The van der Waals surface area contributed by atoms with Crippen LogP contribution >= 0.6 is 0 Å². The molecule has 4 N–H and O–H groups in total. The molecule has 224 valence electrons. The van der Waals surface area contributed by atoms with Crippen LogP contribution in [0, 0.1) is 0 Å². The lowest BCUT2D eigenvalue weighted by Crippen LogP contribution is -2.36. The Labute approximate surface area is 236 Å².